The highest BCUT2D eigenvalue weighted by molar-refractivity contribution is 6.05. The van der Waals surface area contributed by atoms with Gasteiger partial charge < -0.3 is 21.3 Å². The molecular formula is C18H28N4O2. The lowest BCUT2D eigenvalue weighted by molar-refractivity contribution is -0.123. The zero-order valence-electron chi connectivity index (χ0n) is 14.8. The Labute approximate surface area is 143 Å². The lowest BCUT2D eigenvalue weighted by Gasteiger charge is -2.20. The summed E-state index contributed by atoms with van der Waals surface area (Å²) in [5, 5.41) is 5.74. The summed E-state index contributed by atoms with van der Waals surface area (Å²) >= 11 is 0. The minimum Gasteiger partial charge on any atom is -0.399 e. The van der Waals surface area contributed by atoms with Crippen molar-refractivity contribution in [3.8, 4) is 0 Å². The Kier molecular flexibility index (Phi) is 5.83. The maximum Gasteiger partial charge on any atom is 0.253 e. The van der Waals surface area contributed by atoms with E-state index < -0.39 is 5.41 Å². The fourth-order valence-electron chi connectivity index (χ4n) is 2.60. The molecule has 0 unspecified atom stereocenters. The molecule has 0 bridgehead atoms. The zero-order chi connectivity index (χ0) is 17.7. The van der Waals surface area contributed by atoms with Gasteiger partial charge in [0, 0.05) is 24.2 Å². The van der Waals surface area contributed by atoms with E-state index in [0.29, 0.717) is 23.5 Å². The van der Waals surface area contributed by atoms with Crippen LogP contribution in [0.5, 0.6) is 0 Å². The Hall–Kier alpha value is -2.08. The molecule has 0 spiro atoms. The first-order chi connectivity index (χ1) is 11.3. The SMILES string of the molecule is CC(C)(C)C(=O)Nc1cc(N)ccc1C(=O)NCCN1CCCC1. The van der Waals surface area contributed by atoms with Crippen LogP contribution in [0.25, 0.3) is 0 Å². The van der Waals surface area contributed by atoms with Crippen LogP contribution in [0.2, 0.25) is 0 Å². The third-order valence-corrected chi connectivity index (χ3v) is 4.13. The van der Waals surface area contributed by atoms with Gasteiger partial charge >= 0.3 is 0 Å². The lowest BCUT2D eigenvalue weighted by atomic mass is 9.95. The van der Waals surface area contributed by atoms with E-state index in [0.717, 1.165) is 19.6 Å². The molecule has 132 valence electrons. The van der Waals surface area contributed by atoms with E-state index in [1.807, 2.05) is 20.8 Å². The van der Waals surface area contributed by atoms with E-state index in [4.69, 9.17) is 5.73 Å². The molecule has 1 aromatic carbocycles. The molecule has 0 radical (unpaired) electrons. The predicted molar refractivity (Wildman–Crippen MR) is 96.9 cm³/mol. The van der Waals surface area contributed by atoms with Gasteiger partial charge in [0.1, 0.15) is 0 Å². The van der Waals surface area contributed by atoms with Crippen LogP contribution in [0.3, 0.4) is 0 Å². The fraction of sp³-hybridized carbons (Fsp3) is 0.556. The molecule has 0 saturated carbocycles. The Morgan fingerprint density at radius 2 is 1.88 bits per heavy atom. The number of likely N-dealkylation sites (tertiary alicyclic amines) is 1. The topological polar surface area (TPSA) is 87.5 Å². The molecule has 1 fully saturated rings. The van der Waals surface area contributed by atoms with E-state index in [1.54, 1.807) is 18.2 Å². The summed E-state index contributed by atoms with van der Waals surface area (Å²) in [5.74, 6) is -0.349. The van der Waals surface area contributed by atoms with Crippen molar-refractivity contribution in [1.82, 2.24) is 10.2 Å². The Balaban J connectivity index is 2.02. The molecule has 1 aromatic rings. The summed E-state index contributed by atoms with van der Waals surface area (Å²) in [5.41, 5.74) is 6.65. The van der Waals surface area contributed by atoms with Crippen LogP contribution in [-0.4, -0.2) is 42.9 Å². The van der Waals surface area contributed by atoms with E-state index in [1.165, 1.54) is 12.8 Å². The molecule has 4 N–H and O–H groups in total. The van der Waals surface area contributed by atoms with Gasteiger partial charge in [0.25, 0.3) is 5.91 Å². The van der Waals surface area contributed by atoms with Gasteiger partial charge in [0.2, 0.25) is 5.91 Å². The summed E-state index contributed by atoms with van der Waals surface area (Å²) < 4.78 is 0. The van der Waals surface area contributed by atoms with Gasteiger partial charge in [0.05, 0.1) is 11.3 Å². The minimum absolute atomic E-state index is 0.154. The summed E-state index contributed by atoms with van der Waals surface area (Å²) in [4.78, 5) is 27.0. The average Bonchev–Trinajstić information content (AvgIpc) is 2.99. The highest BCUT2D eigenvalue weighted by Crippen LogP contribution is 2.23. The number of hydrogen-bond acceptors (Lipinski definition) is 4. The second-order valence-corrected chi connectivity index (χ2v) is 7.31. The van der Waals surface area contributed by atoms with E-state index >= 15 is 0 Å². The number of hydrogen-bond donors (Lipinski definition) is 3. The monoisotopic (exact) mass is 332 g/mol. The Morgan fingerprint density at radius 1 is 1.21 bits per heavy atom. The smallest absolute Gasteiger partial charge is 0.253 e. The maximum atomic E-state index is 12.5. The Bertz CT molecular complexity index is 602. The van der Waals surface area contributed by atoms with Crippen molar-refractivity contribution in [3.05, 3.63) is 23.8 Å². The van der Waals surface area contributed by atoms with Crippen molar-refractivity contribution in [1.29, 1.82) is 0 Å². The maximum absolute atomic E-state index is 12.5. The standard InChI is InChI=1S/C18H28N4O2/c1-18(2,3)17(24)21-15-12-13(19)6-7-14(15)16(23)20-8-11-22-9-4-5-10-22/h6-7,12H,4-5,8-11,19H2,1-3H3,(H,20,23)(H,21,24). The van der Waals surface area contributed by atoms with E-state index in [9.17, 15) is 9.59 Å². The quantitative estimate of drug-likeness (QED) is 0.721. The van der Waals surface area contributed by atoms with Gasteiger partial charge in [-0.2, -0.15) is 0 Å². The number of rotatable bonds is 5. The van der Waals surface area contributed by atoms with Crippen LogP contribution >= 0.6 is 0 Å². The first-order valence-corrected chi connectivity index (χ1v) is 8.49. The summed E-state index contributed by atoms with van der Waals surface area (Å²) in [6, 6.07) is 4.94. The highest BCUT2D eigenvalue weighted by atomic mass is 16.2. The second kappa shape index (κ2) is 7.66. The van der Waals surface area contributed by atoms with Gasteiger partial charge in [-0.25, -0.2) is 0 Å². The zero-order valence-corrected chi connectivity index (χ0v) is 14.8. The van der Waals surface area contributed by atoms with Gasteiger partial charge in [-0.15, -0.1) is 0 Å². The number of nitrogens with one attached hydrogen (secondary N) is 2. The first-order valence-electron chi connectivity index (χ1n) is 8.49. The third-order valence-electron chi connectivity index (χ3n) is 4.13. The number of nitrogens with zero attached hydrogens (tertiary/aromatic N) is 1. The van der Waals surface area contributed by atoms with Crippen LogP contribution in [0.4, 0.5) is 11.4 Å². The fourth-order valence-corrected chi connectivity index (χ4v) is 2.60. The van der Waals surface area contributed by atoms with Crippen molar-refractivity contribution in [2.75, 3.05) is 37.2 Å². The number of carbonyl (C=O) groups excluding carboxylic acids is 2. The van der Waals surface area contributed by atoms with Crippen molar-refractivity contribution in [2.24, 2.45) is 5.41 Å². The number of carbonyl (C=O) groups is 2. The van der Waals surface area contributed by atoms with Gasteiger partial charge in [0.15, 0.2) is 0 Å². The molecule has 2 amide bonds. The number of anilines is 2. The van der Waals surface area contributed by atoms with Gasteiger partial charge in [-0.05, 0) is 44.1 Å². The molecule has 1 aliphatic rings. The number of nitrogen functional groups attached to an aromatic ring is 1. The van der Waals surface area contributed by atoms with E-state index in [-0.39, 0.29) is 11.8 Å². The largest absolute Gasteiger partial charge is 0.399 e. The van der Waals surface area contributed by atoms with Crippen molar-refractivity contribution >= 4 is 23.2 Å². The van der Waals surface area contributed by atoms with Crippen LogP contribution in [0, 0.1) is 5.41 Å². The first kappa shape index (κ1) is 18.3. The molecule has 6 nitrogen and oxygen atoms in total. The van der Waals surface area contributed by atoms with Crippen LogP contribution in [0.15, 0.2) is 18.2 Å². The molecule has 0 atom stereocenters. The van der Waals surface area contributed by atoms with E-state index in [2.05, 4.69) is 15.5 Å². The molecule has 1 saturated heterocycles. The van der Waals surface area contributed by atoms with Crippen molar-refractivity contribution in [2.45, 2.75) is 33.6 Å². The van der Waals surface area contributed by atoms with Gasteiger partial charge in [-0.1, -0.05) is 20.8 Å². The Morgan fingerprint density at radius 3 is 2.50 bits per heavy atom. The van der Waals surface area contributed by atoms with Crippen molar-refractivity contribution in [3.63, 3.8) is 0 Å². The second-order valence-electron chi connectivity index (χ2n) is 7.31. The normalized spacial score (nSPS) is 15.3. The van der Waals surface area contributed by atoms with Crippen LogP contribution < -0.4 is 16.4 Å². The average molecular weight is 332 g/mol. The molecule has 6 heteroatoms. The molecule has 0 aliphatic carbocycles. The molecule has 1 aliphatic heterocycles. The molecule has 2 rings (SSSR count). The number of amides is 2. The minimum atomic E-state index is -0.548. The number of benzene rings is 1. The van der Waals surface area contributed by atoms with Crippen LogP contribution in [-0.2, 0) is 4.79 Å². The van der Waals surface area contributed by atoms with Crippen LogP contribution in [0.1, 0.15) is 44.0 Å². The third kappa shape index (κ3) is 4.96. The number of nitrogens with two attached hydrogens (primary N) is 1. The lowest BCUT2D eigenvalue weighted by Crippen LogP contribution is -2.34. The molecule has 24 heavy (non-hydrogen) atoms. The molecular weight excluding hydrogens is 304 g/mol. The molecule has 0 aromatic heterocycles. The van der Waals surface area contributed by atoms with Gasteiger partial charge in [-0.3, -0.25) is 9.59 Å². The summed E-state index contributed by atoms with van der Waals surface area (Å²) in [6.45, 7) is 9.12. The summed E-state index contributed by atoms with van der Waals surface area (Å²) in [6.07, 6.45) is 2.46. The molecule has 1 heterocycles. The summed E-state index contributed by atoms with van der Waals surface area (Å²) in [7, 11) is 0. The predicted octanol–water partition coefficient (Wildman–Crippen LogP) is 2.08. The van der Waals surface area contributed by atoms with Crippen molar-refractivity contribution < 1.29 is 9.59 Å². The highest BCUT2D eigenvalue weighted by Gasteiger charge is 2.23.